The monoisotopic (exact) mass is 577 g/mol. The molecule has 0 aliphatic heterocycles. The minimum absolute atomic E-state index is 0.190. The second-order valence-electron chi connectivity index (χ2n) is 12.1. The maximum absolute atomic E-state index is 5.15. The smallest absolute Gasteiger partial charge is 0.164 e. The average molecular weight is 578 g/mol. The van der Waals surface area contributed by atoms with Gasteiger partial charge < -0.3 is 0 Å². The van der Waals surface area contributed by atoms with Crippen LogP contribution in [0.4, 0.5) is 0 Å². The topological polar surface area (TPSA) is 38.7 Å². The average Bonchev–Trinajstić information content (AvgIpc) is 3.35. The van der Waals surface area contributed by atoms with Crippen LogP contribution in [0.25, 0.3) is 67.5 Å². The van der Waals surface area contributed by atoms with E-state index in [1.165, 1.54) is 33.4 Å². The minimum Gasteiger partial charge on any atom is -0.208 e. The van der Waals surface area contributed by atoms with E-state index in [1.807, 2.05) is 12.1 Å². The van der Waals surface area contributed by atoms with Crippen molar-refractivity contribution in [2.75, 3.05) is 0 Å². The van der Waals surface area contributed by atoms with Crippen molar-refractivity contribution >= 4 is 0 Å². The first-order valence-electron chi connectivity index (χ1n) is 15.4. The Balaban J connectivity index is 1.28. The van der Waals surface area contributed by atoms with Gasteiger partial charge in [-0.25, -0.2) is 15.0 Å². The molecule has 0 N–H and O–H groups in total. The van der Waals surface area contributed by atoms with Gasteiger partial charge in [-0.15, -0.1) is 0 Å². The van der Waals surface area contributed by atoms with Crippen LogP contribution in [0.15, 0.2) is 152 Å². The maximum atomic E-state index is 5.15. The molecule has 7 aromatic rings. The van der Waals surface area contributed by atoms with Gasteiger partial charge in [0.15, 0.2) is 17.5 Å². The van der Waals surface area contributed by atoms with E-state index in [9.17, 15) is 0 Å². The number of aromatic nitrogens is 3. The zero-order valence-electron chi connectivity index (χ0n) is 25.3. The summed E-state index contributed by atoms with van der Waals surface area (Å²) in [6.45, 7) is 4.60. The zero-order valence-corrected chi connectivity index (χ0v) is 25.3. The van der Waals surface area contributed by atoms with Crippen molar-refractivity contribution in [3.63, 3.8) is 0 Å². The van der Waals surface area contributed by atoms with Gasteiger partial charge in [-0.3, -0.25) is 0 Å². The van der Waals surface area contributed by atoms with Crippen molar-refractivity contribution in [1.29, 1.82) is 0 Å². The zero-order chi connectivity index (χ0) is 30.4. The SMILES string of the molecule is CC1(C)c2ccccc2-c2cccc(-c3nc(-c4ccc(-c5ccccc5)cc4)nc(-c4ccc(-c5ccccc5)cc4)n3)c21. The van der Waals surface area contributed by atoms with E-state index in [0.29, 0.717) is 17.5 Å². The summed E-state index contributed by atoms with van der Waals surface area (Å²) in [6, 6.07) is 53.1. The summed E-state index contributed by atoms with van der Waals surface area (Å²) < 4.78 is 0. The van der Waals surface area contributed by atoms with Crippen molar-refractivity contribution in [3.8, 4) is 67.5 Å². The largest absolute Gasteiger partial charge is 0.208 e. The first-order chi connectivity index (χ1) is 22.1. The van der Waals surface area contributed by atoms with Crippen molar-refractivity contribution < 1.29 is 0 Å². The van der Waals surface area contributed by atoms with Crippen LogP contribution in [-0.2, 0) is 5.41 Å². The molecule has 1 aliphatic carbocycles. The molecule has 0 amide bonds. The minimum atomic E-state index is -0.190. The Morgan fingerprint density at radius 3 is 1.29 bits per heavy atom. The normalized spacial score (nSPS) is 12.8. The second-order valence-corrected chi connectivity index (χ2v) is 12.1. The van der Waals surface area contributed by atoms with Gasteiger partial charge in [-0.2, -0.15) is 0 Å². The van der Waals surface area contributed by atoms with Gasteiger partial charge in [-0.1, -0.05) is 166 Å². The standard InChI is InChI=1S/C42H31N3/c1-42(2)37-19-10-9-16-34(37)35-17-11-18-36(38(35)42)41-44-39(32-24-20-30(21-25-32)28-12-5-3-6-13-28)43-40(45-41)33-26-22-31(23-27-33)29-14-7-4-8-15-29/h3-27H,1-2H3. The van der Waals surface area contributed by atoms with Crippen molar-refractivity contribution in [1.82, 2.24) is 15.0 Å². The van der Waals surface area contributed by atoms with Gasteiger partial charge >= 0.3 is 0 Å². The molecule has 0 unspecified atom stereocenters. The van der Waals surface area contributed by atoms with Crippen LogP contribution >= 0.6 is 0 Å². The molecule has 8 rings (SSSR count). The molecule has 3 nitrogen and oxygen atoms in total. The molecule has 0 fully saturated rings. The van der Waals surface area contributed by atoms with Gasteiger partial charge in [0.25, 0.3) is 0 Å². The third-order valence-electron chi connectivity index (χ3n) is 8.96. The Morgan fingerprint density at radius 1 is 0.333 bits per heavy atom. The quantitative estimate of drug-likeness (QED) is 0.204. The Labute approximate surface area is 264 Å². The number of benzene rings is 6. The fraction of sp³-hybridized carbons (Fsp3) is 0.0714. The van der Waals surface area contributed by atoms with Crippen LogP contribution in [0.3, 0.4) is 0 Å². The molecule has 1 heterocycles. The third kappa shape index (κ3) is 4.74. The van der Waals surface area contributed by atoms with Crippen molar-refractivity contribution in [2.24, 2.45) is 0 Å². The summed E-state index contributed by atoms with van der Waals surface area (Å²) in [5, 5.41) is 0. The highest BCUT2D eigenvalue weighted by Gasteiger charge is 2.38. The van der Waals surface area contributed by atoms with Gasteiger partial charge in [0.2, 0.25) is 0 Å². The fourth-order valence-electron chi connectivity index (χ4n) is 6.67. The summed E-state index contributed by atoms with van der Waals surface area (Å²) in [7, 11) is 0. The molecule has 0 radical (unpaired) electrons. The molecule has 45 heavy (non-hydrogen) atoms. The fourth-order valence-corrected chi connectivity index (χ4v) is 6.67. The van der Waals surface area contributed by atoms with Gasteiger partial charge in [0.1, 0.15) is 0 Å². The van der Waals surface area contributed by atoms with Crippen LogP contribution in [0.2, 0.25) is 0 Å². The highest BCUT2D eigenvalue weighted by molar-refractivity contribution is 5.87. The number of rotatable bonds is 5. The van der Waals surface area contributed by atoms with Gasteiger partial charge in [0.05, 0.1) is 0 Å². The third-order valence-corrected chi connectivity index (χ3v) is 8.96. The van der Waals surface area contributed by atoms with Crippen LogP contribution in [0.5, 0.6) is 0 Å². The summed E-state index contributed by atoms with van der Waals surface area (Å²) in [6.07, 6.45) is 0. The molecular weight excluding hydrogens is 546 g/mol. The van der Waals surface area contributed by atoms with Crippen LogP contribution < -0.4 is 0 Å². The lowest BCUT2D eigenvalue weighted by molar-refractivity contribution is 0.661. The van der Waals surface area contributed by atoms with E-state index in [4.69, 9.17) is 15.0 Å². The highest BCUT2D eigenvalue weighted by atomic mass is 15.0. The first kappa shape index (κ1) is 26.9. The molecule has 3 heteroatoms. The summed E-state index contributed by atoms with van der Waals surface area (Å²) in [5.74, 6) is 2.01. The molecule has 6 aromatic carbocycles. The summed E-state index contributed by atoms with van der Waals surface area (Å²) in [4.78, 5) is 15.4. The molecule has 1 aliphatic rings. The highest BCUT2D eigenvalue weighted by Crippen LogP contribution is 2.51. The lowest BCUT2D eigenvalue weighted by Gasteiger charge is -2.24. The number of hydrogen-bond donors (Lipinski definition) is 0. The number of hydrogen-bond acceptors (Lipinski definition) is 3. The number of nitrogens with zero attached hydrogens (tertiary/aromatic N) is 3. The lowest BCUT2D eigenvalue weighted by Crippen LogP contribution is -2.17. The lowest BCUT2D eigenvalue weighted by atomic mass is 9.80. The first-order valence-corrected chi connectivity index (χ1v) is 15.4. The van der Waals surface area contributed by atoms with E-state index in [1.54, 1.807) is 0 Å². The summed E-state index contributed by atoms with van der Waals surface area (Å²) >= 11 is 0. The molecule has 0 saturated carbocycles. The maximum Gasteiger partial charge on any atom is 0.164 e. The number of fused-ring (bicyclic) bond motifs is 3. The van der Waals surface area contributed by atoms with E-state index < -0.39 is 0 Å². The van der Waals surface area contributed by atoms with Crippen LogP contribution in [-0.4, -0.2) is 15.0 Å². The molecular formula is C42H31N3. The summed E-state index contributed by atoms with van der Waals surface area (Å²) in [5.41, 5.74) is 12.6. The predicted molar refractivity (Wildman–Crippen MR) is 185 cm³/mol. The molecule has 0 atom stereocenters. The van der Waals surface area contributed by atoms with Crippen LogP contribution in [0, 0.1) is 0 Å². The molecule has 1 aromatic heterocycles. The Bertz CT molecular complexity index is 2050. The van der Waals surface area contributed by atoms with Crippen molar-refractivity contribution in [2.45, 2.75) is 19.3 Å². The molecule has 214 valence electrons. The van der Waals surface area contributed by atoms with Crippen LogP contribution in [0.1, 0.15) is 25.0 Å². The van der Waals surface area contributed by atoms with E-state index in [0.717, 1.165) is 27.8 Å². The van der Waals surface area contributed by atoms with E-state index >= 15 is 0 Å². The van der Waals surface area contributed by atoms with Gasteiger partial charge in [0, 0.05) is 22.1 Å². The predicted octanol–water partition coefficient (Wildman–Crippen LogP) is 10.5. The van der Waals surface area contributed by atoms with Crippen molar-refractivity contribution in [3.05, 3.63) is 163 Å². The Hall–Kier alpha value is -5.67. The molecule has 0 spiro atoms. The van der Waals surface area contributed by atoms with E-state index in [-0.39, 0.29) is 5.41 Å². The Morgan fingerprint density at radius 2 is 0.733 bits per heavy atom. The van der Waals surface area contributed by atoms with E-state index in [2.05, 4.69) is 153 Å². The Kier molecular flexibility index (Phi) is 6.46. The molecule has 0 saturated heterocycles. The molecule has 0 bridgehead atoms. The second kappa shape index (κ2) is 10.8. The van der Waals surface area contributed by atoms with Gasteiger partial charge in [-0.05, 0) is 44.5 Å².